The number of nitrogens with zero attached hydrogens (tertiary/aromatic N) is 2. The Morgan fingerprint density at radius 1 is 1.23 bits per heavy atom. The van der Waals surface area contributed by atoms with Crippen LogP contribution in [0.3, 0.4) is 0 Å². The Hall–Kier alpha value is -2.25. The second-order valence-electron chi connectivity index (χ2n) is 7.78. The highest BCUT2D eigenvalue weighted by atomic mass is 19.3. The molecular formula is C18H25F2N3O3. The highest BCUT2D eigenvalue weighted by Crippen LogP contribution is 2.36. The summed E-state index contributed by atoms with van der Waals surface area (Å²) >= 11 is 0. The zero-order chi connectivity index (χ0) is 19.1. The Morgan fingerprint density at radius 3 is 2.38 bits per heavy atom. The molecule has 0 aliphatic carbocycles. The first kappa shape index (κ1) is 18.5. The first-order chi connectivity index (χ1) is 12.1. The molecule has 2 unspecified atom stereocenters. The van der Waals surface area contributed by atoms with E-state index in [1.54, 1.807) is 12.1 Å². The number of amides is 1. The van der Waals surface area contributed by atoms with E-state index in [0.29, 0.717) is 13.1 Å². The summed E-state index contributed by atoms with van der Waals surface area (Å²) in [6, 6.07) is 4.97. The molecule has 2 bridgehead atoms. The fourth-order valence-electron chi connectivity index (χ4n) is 3.64. The zero-order valence-electron chi connectivity index (χ0n) is 15.2. The summed E-state index contributed by atoms with van der Waals surface area (Å²) in [4.78, 5) is 16.4. The van der Waals surface area contributed by atoms with Gasteiger partial charge in [0.15, 0.2) is 5.75 Å². The molecule has 0 aromatic heterocycles. The number of benzene rings is 1. The van der Waals surface area contributed by atoms with Crippen molar-refractivity contribution in [3.8, 4) is 5.75 Å². The molecule has 1 aromatic carbocycles. The van der Waals surface area contributed by atoms with Crippen LogP contribution in [-0.2, 0) is 4.74 Å². The average Bonchev–Trinajstić information content (AvgIpc) is 2.78. The molecule has 0 spiro atoms. The number of alkyl halides is 2. The lowest BCUT2D eigenvalue weighted by Gasteiger charge is -2.42. The molecule has 6 nitrogen and oxygen atoms in total. The summed E-state index contributed by atoms with van der Waals surface area (Å²) in [7, 11) is 0. The third-order valence-corrected chi connectivity index (χ3v) is 4.66. The second-order valence-corrected chi connectivity index (χ2v) is 7.78. The van der Waals surface area contributed by atoms with Gasteiger partial charge in [-0.2, -0.15) is 8.78 Å². The van der Waals surface area contributed by atoms with Crippen molar-refractivity contribution in [2.75, 3.05) is 23.7 Å². The van der Waals surface area contributed by atoms with Gasteiger partial charge in [0.25, 0.3) is 0 Å². The molecule has 0 saturated carbocycles. The van der Waals surface area contributed by atoms with Crippen LogP contribution < -0.4 is 15.4 Å². The predicted octanol–water partition coefficient (Wildman–Crippen LogP) is 3.46. The topological polar surface area (TPSA) is 68.0 Å². The minimum atomic E-state index is -2.92. The van der Waals surface area contributed by atoms with Crippen molar-refractivity contribution in [1.82, 2.24) is 4.90 Å². The van der Waals surface area contributed by atoms with E-state index in [-0.39, 0.29) is 29.6 Å². The number of carbonyl (C=O) groups is 1. The largest absolute Gasteiger partial charge is 0.444 e. The van der Waals surface area contributed by atoms with Crippen molar-refractivity contribution in [2.24, 2.45) is 0 Å². The molecule has 1 amide bonds. The summed E-state index contributed by atoms with van der Waals surface area (Å²) in [5.41, 5.74) is 6.10. The van der Waals surface area contributed by atoms with Gasteiger partial charge >= 0.3 is 12.7 Å². The number of nitrogen functional groups attached to an aromatic ring is 1. The van der Waals surface area contributed by atoms with E-state index in [1.807, 2.05) is 25.7 Å². The molecule has 0 radical (unpaired) electrons. The van der Waals surface area contributed by atoms with E-state index in [0.717, 1.165) is 18.5 Å². The van der Waals surface area contributed by atoms with Gasteiger partial charge in [0.1, 0.15) is 5.60 Å². The summed E-state index contributed by atoms with van der Waals surface area (Å²) in [5.74, 6) is -0.0283. The Bertz CT molecular complexity index is 664. The first-order valence-corrected chi connectivity index (χ1v) is 8.74. The Balaban J connectivity index is 1.74. The third-order valence-electron chi connectivity index (χ3n) is 4.66. The molecule has 3 rings (SSSR count). The van der Waals surface area contributed by atoms with Gasteiger partial charge in [0, 0.05) is 24.8 Å². The summed E-state index contributed by atoms with van der Waals surface area (Å²) in [6.45, 7) is 3.86. The minimum Gasteiger partial charge on any atom is -0.444 e. The van der Waals surface area contributed by atoms with Crippen LogP contribution in [0.1, 0.15) is 33.6 Å². The van der Waals surface area contributed by atoms with Crippen LogP contribution in [0, 0.1) is 0 Å². The minimum absolute atomic E-state index is 0.0283. The van der Waals surface area contributed by atoms with Gasteiger partial charge in [-0.3, -0.25) is 4.90 Å². The van der Waals surface area contributed by atoms with Crippen LogP contribution in [0.5, 0.6) is 5.75 Å². The zero-order valence-corrected chi connectivity index (χ0v) is 15.2. The van der Waals surface area contributed by atoms with Crippen LogP contribution in [0.2, 0.25) is 0 Å². The smallest absolute Gasteiger partial charge is 0.410 e. The fourth-order valence-corrected chi connectivity index (χ4v) is 3.64. The molecule has 2 atom stereocenters. The van der Waals surface area contributed by atoms with Gasteiger partial charge in [0.05, 0.1) is 17.8 Å². The lowest BCUT2D eigenvalue weighted by Crippen LogP contribution is -2.56. The van der Waals surface area contributed by atoms with Crippen LogP contribution >= 0.6 is 0 Å². The average molecular weight is 369 g/mol. The molecule has 2 N–H and O–H groups in total. The number of nitrogens with two attached hydrogens (primary N) is 1. The van der Waals surface area contributed by atoms with Gasteiger partial charge in [-0.1, -0.05) is 0 Å². The van der Waals surface area contributed by atoms with Gasteiger partial charge in [-0.15, -0.1) is 0 Å². The normalized spacial score (nSPS) is 22.7. The molecule has 2 fully saturated rings. The number of hydrogen-bond donors (Lipinski definition) is 1. The van der Waals surface area contributed by atoms with Crippen molar-refractivity contribution in [2.45, 2.75) is 57.9 Å². The number of carbonyl (C=O) groups excluding carboxylic acids is 1. The van der Waals surface area contributed by atoms with Crippen molar-refractivity contribution in [1.29, 1.82) is 0 Å². The highest BCUT2D eigenvalue weighted by molar-refractivity contribution is 5.71. The molecule has 2 aliphatic rings. The molecule has 26 heavy (non-hydrogen) atoms. The lowest BCUT2D eigenvalue weighted by atomic mass is 10.1. The Labute approximate surface area is 151 Å². The van der Waals surface area contributed by atoms with Crippen molar-refractivity contribution < 1.29 is 23.0 Å². The number of anilines is 2. The maximum absolute atomic E-state index is 12.5. The molecule has 2 heterocycles. The standard InChI is InChI=1S/C18H25F2N3O3/c1-18(2,3)26-17(24)23-12-4-5-13(23)10-22(9-12)11-6-7-14(21)15(8-11)25-16(19)20/h6-8,12-13,16H,4-5,9-10,21H2,1-3H3. The monoisotopic (exact) mass is 369 g/mol. The SMILES string of the molecule is CC(C)(C)OC(=O)N1C2CCC1CN(c1ccc(N)c(OC(F)F)c1)C2. The molecular weight excluding hydrogens is 344 g/mol. The number of fused-ring (bicyclic) bond motifs is 2. The van der Waals surface area contributed by atoms with Crippen molar-refractivity contribution in [3.63, 3.8) is 0 Å². The molecule has 144 valence electrons. The van der Waals surface area contributed by atoms with Gasteiger partial charge in [-0.25, -0.2) is 4.79 Å². The van der Waals surface area contributed by atoms with Crippen LogP contribution in [0.25, 0.3) is 0 Å². The third kappa shape index (κ3) is 3.94. The van der Waals surface area contributed by atoms with Crippen LogP contribution in [0.15, 0.2) is 18.2 Å². The van der Waals surface area contributed by atoms with E-state index >= 15 is 0 Å². The molecule has 8 heteroatoms. The van der Waals surface area contributed by atoms with E-state index in [9.17, 15) is 13.6 Å². The van der Waals surface area contributed by atoms with Gasteiger partial charge in [0.2, 0.25) is 0 Å². The summed E-state index contributed by atoms with van der Waals surface area (Å²) in [6.07, 6.45) is 1.51. The number of rotatable bonds is 3. The number of hydrogen-bond acceptors (Lipinski definition) is 5. The van der Waals surface area contributed by atoms with Gasteiger partial charge < -0.3 is 20.1 Å². The summed E-state index contributed by atoms with van der Waals surface area (Å²) in [5, 5.41) is 0. The molecule has 1 aromatic rings. The molecule has 2 aliphatic heterocycles. The predicted molar refractivity (Wildman–Crippen MR) is 94.6 cm³/mol. The van der Waals surface area contributed by atoms with Crippen molar-refractivity contribution >= 4 is 17.5 Å². The summed E-state index contributed by atoms with van der Waals surface area (Å²) < 4.78 is 35.1. The maximum atomic E-state index is 12.5. The van der Waals surface area contributed by atoms with Crippen LogP contribution in [0.4, 0.5) is 25.0 Å². The van der Waals surface area contributed by atoms with E-state index in [2.05, 4.69) is 9.64 Å². The Kier molecular flexibility index (Phi) is 4.86. The molecule has 2 saturated heterocycles. The number of piperazine rings is 1. The second kappa shape index (κ2) is 6.81. The number of halogens is 2. The number of ether oxygens (including phenoxy) is 2. The Morgan fingerprint density at radius 2 is 1.85 bits per heavy atom. The van der Waals surface area contributed by atoms with Crippen LogP contribution in [-0.4, -0.2) is 48.4 Å². The van der Waals surface area contributed by atoms with E-state index < -0.39 is 12.2 Å². The fraction of sp³-hybridized carbons (Fsp3) is 0.611. The van der Waals surface area contributed by atoms with E-state index in [1.165, 1.54) is 6.07 Å². The quantitative estimate of drug-likeness (QED) is 0.827. The maximum Gasteiger partial charge on any atom is 0.410 e. The lowest BCUT2D eigenvalue weighted by molar-refractivity contribution is -0.0493. The first-order valence-electron chi connectivity index (χ1n) is 8.74. The van der Waals surface area contributed by atoms with Crippen molar-refractivity contribution in [3.05, 3.63) is 18.2 Å². The highest BCUT2D eigenvalue weighted by Gasteiger charge is 2.44. The van der Waals surface area contributed by atoms with E-state index in [4.69, 9.17) is 10.5 Å². The van der Waals surface area contributed by atoms with Gasteiger partial charge in [-0.05, 0) is 45.7 Å².